The minimum Gasteiger partial charge on any atom is -0.490 e. The van der Waals surface area contributed by atoms with Crippen LogP contribution in [-0.2, 0) is 4.74 Å². The van der Waals surface area contributed by atoms with Crippen molar-refractivity contribution in [1.29, 1.82) is 0 Å². The zero-order chi connectivity index (χ0) is 11.1. The van der Waals surface area contributed by atoms with E-state index in [1.807, 2.05) is 6.92 Å². The van der Waals surface area contributed by atoms with Gasteiger partial charge >= 0.3 is 0 Å². The second-order valence-electron chi connectivity index (χ2n) is 2.81. The Hall–Kier alpha value is -1.42. The first-order chi connectivity index (χ1) is 7.29. The van der Waals surface area contributed by atoms with Crippen LogP contribution in [0.4, 0.5) is 4.39 Å². The first kappa shape index (κ1) is 11.7. The van der Waals surface area contributed by atoms with Gasteiger partial charge in [0.15, 0.2) is 6.29 Å². The van der Waals surface area contributed by atoms with Gasteiger partial charge in [0, 0.05) is 6.61 Å². The van der Waals surface area contributed by atoms with Crippen molar-refractivity contribution in [1.82, 2.24) is 0 Å². The lowest BCUT2D eigenvalue weighted by molar-refractivity contribution is 0.106. The third-order valence-corrected chi connectivity index (χ3v) is 1.82. The van der Waals surface area contributed by atoms with Crippen molar-refractivity contribution in [2.45, 2.75) is 6.92 Å². The van der Waals surface area contributed by atoms with Crippen LogP contribution in [0.2, 0.25) is 0 Å². The van der Waals surface area contributed by atoms with Gasteiger partial charge in [-0.25, -0.2) is 4.39 Å². The normalized spacial score (nSPS) is 10.0. The maximum atomic E-state index is 13.1. The maximum absolute atomic E-state index is 13.1. The number of carbonyl (C=O) groups is 1. The molecular weight excluding hydrogens is 199 g/mol. The largest absolute Gasteiger partial charge is 0.490 e. The first-order valence-electron chi connectivity index (χ1n) is 4.73. The molecule has 0 radical (unpaired) electrons. The molecule has 0 aliphatic rings. The molecule has 0 aliphatic heterocycles. The average Bonchev–Trinajstić information content (AvgIpc) is 2.24. The molecule has 0 N–H and O–H groups in total. The van der Waals surface area contributed by atoms with E-state index in [0.717, 1.165) is 0 Å². The fourth-order valence-corrected chi connectivity index (χ4v) is 1.11. The summed E-state index contributed by atoms with van der Waals surface area (Å²) in [6, 6.07) is 4.27. The molecule has 0 saturated heterocycles. The van der Waals surface area contributed by atoms with E-state index in [-0.39, 0.29) is 11.3 Å². The lowest BCUT2D eigenvalue weighted by Crippen LogP contribution is -2.08. The molecule has 0 amide bonds. The standard InChI is InChI=1S/C11H13FO3/c1-2-14-6-7-15-11-5-3-4-10(12)9(11)8-13/h3-5,8H,2,6-7H2,1H3. The number of rotatable bonds is 6. The van der Waals surface area contributed by atoms with E-state index >= 15 is 0 Å². The highest BCUT2D eigenvalue weighted by Gasteiger charge is 2.07. The number of carbonyl (C=O) groups excluding carboxylic acids is 1. The molecule has 15 heavy (non-hydrogen) atoms. The second kappa shape index (κ2) is 6.14. The fourth-order valence-electron chi connectivity index (χ4n) is 1.11. The fraction of sp³-hybridized carbons (Fsp3) is 0.364. The molecule has 1 rings (SSSR count). The van der Waals surface area contributed by atoms with Gasteiger partial charge in [0.1, 0.15) is 18.2 Å². The summed E-state index contributed by atoms with van der Waals surface area (Å²) >= 11 is 0. The number of halogens is 1. The summed E-state index contributed by atoms with van der Waals surface area (Å²) in [5, 5.41) is 0. The third-order valence-electron chi connectivity index (χ3n) is 1.82. The Morgan fingerprint density at radius 1 is 1.40 bits per heavy atom. The minimum absolute atomic E-state index is 0.0472. The van der Waals surface area contributed by atoms with Gasteiger partial charge in [-0.3, -0.25) is 4.79 Å². The number of aldehydes is 1. The Labute approximate surface area is 87.8 Å². The van der Waals surface area contributed by atoms with Crippen LogP contribution in [-0.4, -0.2) is 26.1 Å². The molecule has 0 atom stereocenters. The second-order valence-corrected chi connectivity index (χ2v) is 2.81. The van der Waals surface area contributed by atoms with Crippen LogP contribution in [0.15, 0.2) is 18.2 Å². The molecule has 0 fully saturated rings. The van der Waals surface area contributed by atoms with E-state index in [2.05, 4.69) is 0 Å². The van der Waals surface area contributed by atoms with Gasteiger partial charge in [-0.15, -0.1) is 0 Å². The maximum Gasteiger partial charge on any atom is 0.156 e. The van der Waals surface area contributed by atoms with Crippen molar-refractivity contribution in [3.63, 3.8) is 0 Å². The predicted octanol–water partition coefficient (Wildman–Crippen LogP) is 2.05. The molecule has 0 heterocycles. The summed E-state index contributed by atoms with van der Waals surface area (Å²) in [4.78, 5) is 10.6. The van der Waals surface area contributed by atoms with Gasteiger partial charge in [0.25, 0.3) is 0 Å². The number of hydrogen-bond acceptors (Lipinski definition) is 3. The molecule has 0 aromatic heterocycles. The highest BCUT2D eigenvalue weighted by Crippen LogP contribution is 2.19. The van der Waals surface area contributed by atoms with Crippen molar-refractivity contribution in [2.75, 3.05) is 19.8 Å². The SMILES string of the molecule is CCOCCOc1cccc(F)c1C=O. The van der Waals surface area contributed by atoms with Crippen molar-refractivity contribution in [2.24, 2.45) is 0 Å². The zero-order valence-corrected chi connectivity index (χ0v) is 8.53. The van der Waals surface area contributed by atoms with Crippen molar-refractivity contribution in [3.8, 4) is 5.75 Å². The number of hydrogen-bond donors (Lipinski definition) is 0. The van der Waals surface area contributed by atoms with Crippen LogP contribution in [0.25, 0.3) is 0 Å². The van der Waals surface area contributed by atoms with Crippen LogP contribution in [0, 0.1) is 5.82 Å². The Morgan fingerprint density at radius 2 is 2.20 bits per heavy atom. The Kier molecular flexibility index (Phi) is 4.77. The van der Waals surface area contributed by atoms with E-state index in [9.17, 15) is 9.18 Å². The van der Waals surface area contributed by atoms with Crippen molar-refractivity contribution in [3.05, 3.63) is 29.6 Å². The summed E-state index contributed by atoms with van der Waals surface area (Å²) in [7, 11) is 0. The molecule has 0 spiro atoms. The van der Waals surface area contributed by atoms with Crippen LogP contribution < -0.4 is 4.74 Å². The van der Waals surface area contributed by atoms with Gasteiger partial charge in [-0.1, -0.05) is 6.07 Å². The van der Waals surface area contributed by atoms with Gasteiger partial charge in [-0.2, -0.15) is 0 Å². The lowest BCUT2D eigenvalue weighted by atomic mass is 10.2. The van der Waals surface area contributed by atoms with Crippen LogP contribution in [0.1, 0.15) is 17.3 Å². The summed E-state index contributed by atoms with van der Waals surface area (Å²) in [6.07, 6.45) is 0.450. The Bertz CT molecular complexity index is 326. The van der Waals surface area contributed by atoms with Gasteiger partial charge in [0.2, 0.25) is 0 Å². The van der Waals surface area contributed by atoms with Crippen LogP contribution in [0.5, 0.6) is 5.75 Å². The Morgan fingerprint density at radius 3 is 2.87 bits per heavy atom. The molecule has 0 aliphatic carbocycles. The summed E-state index contributed by atoms with van der Waals surface area (Å²) in [5.74, 6) is -0.316. The molecule has 1 aromatic rings. The summed E-state index contributed by atoms with van der Waals surface area (Å²) in [6.45, 7) is 3.20. The van der Waals surface area contributed by atoms with Crippen LogP contribution >= 0.6 is 0 Å². The van der Waals surface area contributed by atoms with E-state index < -0.39 is 5.82 Å². The van der Waals surface area contributed by atoms with Crippen LogP contribution in [0.3, 0.4) is 0 Å². The number of benzene rings is 1. The monoisotopic (exact) mass is 212 g/mol. The minimum atomic E-state index is -0.570. The molecule has 0 bridgehead atoms. The first-order valence-corrected chi connectivity index (χ1v) is 4.73. The molecular formula is C11H13FO3. The molecule has 0 unspecified atom stereocenters. The summed E-state index contributed by atoms with van der Waals surface area (Å²) < 4.78 is 23.3. The highest BCUT2D eigenvalue weighted by molar-refractivity contribution is 5.79. The average molecular weight is 212 g/mol. The van der Waals surface area contributed by atoms with Gasteiger partial charge in [0.05, 0.1) is 12.2 Å². The molecule has 0 saturated carbocycles. The molecule has 1 aromatic carbocycles. The van der Waals surface area contributed by atoms with E-state index in [0.29, 0.717) is 26.1 Å². The zero-order valence-electron chi connectivity index (χ0n) is 8.53. The predicted molar refractivity (Wildman–Crippen MR) is 53.8 cm³/mol. The quantitative estimate of drug-likeness (QED) is 0.534. The third kappa shape index (κ3) is 3.32. The molecule has 82 valence electrons. The van der Waals surface area contributed by atoms with E-state index in [4.69, 9.17) is 9.47 Å². The van der Waals surface area contributed by atoms with E-state index in [1.165, 1.54) is 12.1 Å². The topological polar surface area (TPSA) is 35.5 Å². The van der Waals surface area contributed by atoms with Gasteiger partial charge < -0.3 is 9.47 Å². The smallest absolute Gasteiger partial charge is 0.156 e. The lowest BCUT2D eigenvalue weighted by Gasteiger charge is -2.08. The molecule has 3 nitrogen and oxygen atoms in total. The van der Waals surface area contributed by atoms with E-state index in [1.54, 1.807) is 6.07 Å². The Balaban J connectivity index is 2.60. The van der Waals surface area contributed by atoms with Gasteiger partial charge in [-0.05, 0) is 19.1 Å². The molecule has 4 heteroatoms. The van der Waals surface area contributed by atoms with Crippen molar-refractivity contribution < 1.29 is 18.7 Å². The van der Waals surface area contributed by atoms with Crippen molar-refractivity contribution >= 4 is 6.29 Å². The highest BCUT2D eigenvalue weighted by atomic mass is 19.1. The number of ether oxygens (including phenoxy) is 2. The summed E-state index contributed by atoms with van der Waals surface area (Å²) in [5.41, 5.74) is -0.0472.